The minimum Gasteiger partial charge on any atom is -0.412 e. The molecular formula is H14O12P2. The maximum absolute atomic E-state index is 8.88. The summed E-state index contributed by atoms with van der Waals surface area (Å²) < 4.78 is 17.8. The summed E-state index contributed by atoms with van der Waals surface area (Å²) in [7, 11) is -9.28. The van der Waals surface area contributed by atoms with Gasteiger partial charge in [0.05, 0.1) is 0 Å². The lowest BCUT2D eigenvalue weighted by Crippen LogP contribution is -1.66. The Kier molecular flexibility index (Phi) is 34.4. The highest BCUT2D eigenvalue weighted by Gasteiger charge is 2.00. The van der Waals surface area contributed by atoms with Gasteiger partial charge in [-0.15, -0.1) is 0 Å². The Morgan fingerprint density at radius 3 is 0.500 bits per heavy atom. The van der Waals surface area contributed by atoms with E-state index in [1.807, 2.05) is 0 Å². The van der Waals surface area contributed by atoms with E-state index in [-0.39, 0.29) is 21.9 Å². The highest BCUT2D eigenvalue weighted by Crippen LogP contribution is 2.26. The summed E-state index contributed by atoms with van der Waals surface area (Å²) >= 11 is 0. The molecule has 12 nitrogen and oxygen atoms in total. The fraction of sp³-hybridized carbons (Fsp3) is 0. The van der Waals surface area contributed by atoms with Crippen molar-refractivity contribution in [3.63, 3.8) is 0 Å². The van der Waals surface area contributed by atoms with Gasteiger partial charge in [0.15, 0.2) is 0 Å². The molecule has 0 aromatic carbocycles. The third-order valence-electron chi connectivity index (χ3n) is 0. The van der Waals surface area contributed by atoms with E-state index >= 15 is 0 Å². The zero-order valence-corrected chi connectivity index (χ0v) is 8.18. The van der Waals surface area contributed by atoms with Crippen LogP contribution in [0.5, 0.6) is 0 Å². The summed E-state index contributed by atoms with van der Waals surface area (Å²) in [5.41, 5.74) is 0. The molecular weight excluding hydrogens is 254 g/mol. The molecule has 0 amide bonds. The average Bonchev–Trinajstić information content (AvgIpc) is 1.12. The Labute approximate surface area is 77.2 Å². The standard InChI is InChI=1S/2H3O4P.4H2O/c2*1-5(2,3)4;;;;/h2*(H3,1,2,3,4);4*1H2. The third kappa shape index (κ3) is 410000. The second kappa shape index (κ2) is 13.1. The van der Waals surface area contributed by atoms with Crippen LogP contribution in [0, 0.1) is 0 Å². The molecule has 14 heteroatoms. The lowest BCUT2D eigenvalue weighted by molar-refractivity contribution is 0.272. The molecule has 0 unspecified atom stereocenters. The smallest absolute Gasteiger partial charge is 0.412 e. The summed E-state index contributed by atoms with van der Waals surface area (Å²) in [5, 5.41) is 0. The van der Waals surface area contributed by atoms with Gasteiger partial charge in [0, 0.05) is 0 Å². The number of hydrogen-bond donors (Lipinski definition) is 6. The van der Waals surface area contributed by atoms with Gasteiger partial charge >= 0.3 is 15.6 Å². The van der Waals surface area contributed by atoms with E-state index in [1.54, 1.807) is 0 Å². The highest BCUT2D eigenvalue weighted by atomic mass is 31.2. The first-order chi connectivity index (χ1) is 4.00. The first kappa shape index (κ1) is 36.9. The first-order valence-electron chi connectivity index (χ1n) is 1.57. The normalized spacial score (nSPS) is 8.43. The molecule has 0 heterocycles. The van der Waals surface area contributed by atoms with Crippen molar-refractivity contribution < 1.29 is 60.4 Å². The van der Waals surface area contributed by atoms with E-state index in [0.717, 1.165) is 0 Å². The molecule has 0 atom stereocenters. The van der Waals surface area contributed by atoms with Gasteiger partial charge in [-0.3, -0.25) is 0 Å². The van der Waals surface area contributed by atoms with Crippen molar-refractivity contribution in [2.24, 2.45) is 0 Å². The zero-order valence-electron chi connectivity index (χ0n) is 6.39. The first-order valence-corrected chi connectivity index (χ1v) is 4.70. The minimum atomic E-state index is -4.64. The number of phosphoric acid groups is 2. The van der Waals surface area contributed by atoms with Gasteiger partial charge in [-0.1, -0.05) is 0 Å². The molecule has 0 aliphatic carbocycles. The maximum Gasteiger partial charge on any atom is 0.466 e. The topological polar surface area (TPSA) is 282 Å². The summed E-state index contributed by atoms with van der Waals surface area (Å²) in [6, 6.07) is 0. The Hall–Kier alpha value is 0.0600. The largest absolute Gasteiger partial charge is 0.466 e. The number of hydrogen-bond acceptors (Lipinski definition) is 2. The van der Waals surface area contributed by atoms with E-state index in [9.17, 15) is 0 Å². The highest BCUT2D eigenvalue weighted by molar-refractivity contribution is 7.45. The van der Waals surface area contributed by atoms with E-state index in [0.29, 0.717) is 0 Å². The molecule has 0 spiro atoms. The summed E-state index contributed by atoms with van der Waals surface area (Å²) in [5.74, 6) is 0. The Balaban J connectivity index is -0.0000000178. The van der Waals surface area contributed by atoms with Gasteiger partial charge in [0.1, 0.15) is 0 Å². The third-order valence-corrected chi connectivity index (χ3v) is 0. The fourth-order valence-corrected chi connectivity index (χ4v) is 0. The van der Waals surface area contributed by atoms with E-state index in [4.69, 9.17) is 38.5 Å². The van der Waals surface area contributed by atoms with Crippen molar-refractivity contribution >= 4 is 15.6 Å². The monoisotopic (exact) mass is 268 g/mol. The van der Waals surface area contributed by atoms with Gasteiger partial charge in [-0.05, 0) is 0 Å². The van der Waals surface area contributed by atoms with Crippen molar-refractivity contribution in [2.45, 2.75) is 0 Å². The molecule has 96 valence electrons. The van der Waals surface area contributed by atoms with Gasteiger partial charge in [0.2, 0.25) is 0 Å². The van der Waals surface area contributed by atoms with Gasteiger partial charge < -0.3 is 51.3 Å². The molecule has 0 fully saturated rings. The van der Waals surface area contributed by atoms with Crippen LogP contribution in [-0.2, 0) is 9.13 Å². The van der Waals surface area contributed by atoms with Gasteiger partial charge in [-0.2, -0.15) is 0 Å². The van der Waals surface area contributed by atoms with Crippen LogP contribution >= 0.6 is 15.6 Å². The molecule has 14 heavy (non-hydrogen) atoms. The summed E-state index contributed by atoms with van der Waals surface area (Å²) in [4.78, 5) is 43.1. The lowest BCUT2D eigenvalue weighted by atomic mass is 15.8. The second-order valence-electron chi connectivity index (χ2n) is 1.03. The van der Waals surface area contributed by atoms with Gasteiger partial charge in [-0.25, -0.2) is 9.13 Å². The van der Waals surface area contributed by atoms with E-state index < -0.39 is 15.6 Å². The van der Waals surface area contributed by atoms with E-state index in [1.165, 1.54) is 0 Å². The molecule has 0 aromatic heterocycles. The molecule has 0 aliphatic rings. The van der Waals surface area contributed by atoms with Gasteiger partial charge in [0.25, 0.3) is 0 Å². The second-order valence-corrected chi connectivity index (χ2v) is 3.08. The van der Waals surface area contributed by atoms with Crippen LogP contribution in [0.1, 0.15) is 0 Å². The predicted molar refractivity (Wildman–Crippen MR) is 43.0 cm³/mol. The molecule has 0 radical (unpaired) electrons. The molecule has 0 saturated carbocycles. The quantitative estimate of drug-likeness (QED) is 0.230. The van der Waals surface area contributed by atoms with Crippen molar-refractivity contribution in [3.05, 3.63) is 0 Å². The van der Waals surface area contributed by atoms with Crippen molar-refractivity contribution in [1.82, 2.24) is 0 Å². The summed E-state index contributed by atoms with van der Waals surface area (Å²) in [6.07, 6.45) is 0. The van der Waals surface area contributed by atoms with Crippen molar-refractivity contribution in [1.29, 1.82) is 0 Å². The molecule has 0 aromatic rings. The SMILES string of the molecule is O.O.O.O.O=P(O)(O)O.O=P(O)(O)O. The lowest BCUT2D eigenvalue weighted by Gasteiger charge is -1.82. The fourth-order valence-electron chi connectivity index (χ4n) is 0. The van der Waals surface area contributed by atoms with Crippen LogP contribution in [-0.4, -0.2) is 51.3 Å². The average molecular weight is 268 g/mol. The van der Waals surface area contributed by atoms with Crippen LogP contribution in [0.2, 0.25) is 0 Å². The van der Waals surface area contributed by atoms with Crippen molar-refractivity contribution in [3.8, 4) is 0 Å². The van der Waals surface area contributed by atoms with Crippen LogP contribution in [0.4, 0.5) is 0 Å². The van der Waals surface area contributed by atoms with Crippen LogP contribution in [0.15, 0.2) is 0 Å². The van der Waals surface area contributed by atoms with Crippen molar-refractivity contribution in [2.75, 3.05) is 0 Å². The minimum absolute atomic E-state index is 0. The molecule has 0 saturated heterocycles. The van der Waals surface area contributed by atoms with E-state index in [2.05, 4.69) is 0 Å². The number of rotatable bonds is 0. The molecule has 0 rings (SSSR count). The molecule has 0 bridgehead atoms. The Bertz CT molecular complexity index is 121. The Morgan fingerprint density at radius 1 is 0.500 bits per heavy atom. The van der Waals surface area contributed by atoms with Crippen LogP contribution < -0.4 is 0 Å². The Morgan fingerprint density at radius 2 is 0.500 bits per heavy atom. The zero-order chi connectivity index (χ0) is 9.00. The predicted octanol–water partition coefficient (Wildman–Crippen LogP) is -5.16. The summed E-state index contributed by atoms with van der Waals surface area (Å²) in [6.45, 7) is 0. The maximum atomic E-state index is 8.88. The molecule has 14 N–H and O–H groups in total. The molecule has 0 aliphatic heterocycles. The van der Waals surface area contributed by atoms with Crippen LogP contribution in [0.25, 0.3) is 0 Å². The van der Waals surface area contributed by atoms with Crippen LogP contribution in [0.3, 0.4) is 0 Å².